The molecule has 1 heterocycles. The number of fused-ring (bicyclic) bond motifs is 1. The van der Waals surface area contributed by atoms with Crippen LogP contribution >= 0.6 is 12.2 Å². The van der Waals surface area contributed by atoms with Gasteiger partial charge in [-0.3, -0.25) is 9.59 Å². The van der Waals surface area contributed by atoms with Crippen molar-refractivity contribution >= 4 is 39.8 Å². The van der Waals surface area contributed by atoms with Crippen LogP contribution in [0.5, 0.6) is 5.75 Å². The van der Waals surface area contributed by atoms with E-state index in [-0.39, 0.29) is 22.1 Å². The number of anilines is 1. The Bertz CT molecular complexity index is 1140. The minimum absolute atomic E-state index is 0.0146. The van der Waals surface area contributed by atoms with E-state index in [9.17, 15) is 9.59 Å². The van der Waals surface area contributed by atoms with Crippen molar-refractivity contribution in [1.82, 2.24) is 0 Å². The summed E-state index contributed by atoms with van der Waals surface area (Å²) in [6, 6.07) is 13.1. The molecule has 3 N–H and O–H groups in total. The van der Waals surface area contributed by atoms with Crippen molar-refractivity contribution in [3.05, 3.63) is 70.1 Å². The second-order valence-electron chi connectivity index (χ2n) is 7.64. The van der Waals surface area contributed by atoms with Crippen LogP contribution in [-0.2, 0) is 0 Å². The number of benzene rings is 2. The standard InChI is InChI=1S/C25H28N2O4S/c1-2-3-4-5-6-7-14-30-19-11-8-17(9-12-19)25(29)27-18-10-13-22-20(15-18)21(28)16-23(31-22)24(26)32/h8-13,15-16H,2-7,14H2,1H3,(H2,26,32)(H,27,29). The molecule has 7 heteroatoms. The molecule has 6 nitrogen and oxygen atoms in total. The van der Waals surface area contributed by atoms with Gasteiger partial charge in [-0.25, -0.2) is 0 Å². The highest BCUT2D eigenvalue weighted by molar-refractivity contribution is 7.80. The van der Waals surface area contributed by atoms with E-state index in [0.717, 1.165) is 12.2 Å². The van der Waals surface area contributed by atoms with Gasteiger partial charge >= 0.3 is 0 Å². The van der Waals surface area contributed by atoms with Crippen LogP contribution in [0.1, 0.15) is 61.6 Å². The molecule has 0 saturated heterocycles. The number of amides is 1. The van der Waals surface area contributed by atoms with Crippen LogP contribution in [0.25, 0.3) is 11.0 Å². The third kappa shape index (κ3) is 6.40. The number of thiocarbonyl (C=S) groups is 1. The van der Waals surface area contributed by atoms with Gasteiger partial charge in [0.25, 0.3) is 5.91 Å². The second-order valence-corrected chi connectivity index (χ2v) is 8.08. The van der Waals surface area contributed by atoms with Gasteiger partial charge in [0, 0.05) is 17.3 Å². The van der Waals surface area contributed by atoms with Crippen molar-refractivity contribution in [1.29, 1.82) is 0 Å². The van der Waals surface area contributed by atoms with Crippen LogP contribution in [0, 0.1) is 0 Å². The molecule has 3 rings (SSSR count). The largest absolute Gasteiger partial charge is 0.494 e. The lowest BCUT2D eigenvalue weighted by atomic mass is 10.1. The first-order valence-corrected chi connectivity index (χ1v) is 11.3. The average molecular weight is 453 g/mol. The van der Waals surface area contributed by atoms with Crippen LogP contribution in [0.3, 0.4) is 0 Å². The summed E-state index contributed by atoms with van der Waals surface area (Å²) in [7, 11) is 0. The van der Waals surface area contributed by atoms with E-state index in [1.165, 1.54) is 38.2 Å². The van der Waals surface area contributed by atoms with Crippen LogP contribution < -0.4 is 21.2 Å². The first-order chi connectivity index (χ1) is 15.5. The Hall–Kier alpha value is -3.19. The summed E-state index contributed by atoms with van der Waals surface area (Å²) >= 11 is 4.86. The highest BCUT2D eigenvalue weighted by Gasteiger charge is 2.10. The van der Waals surface area contributed by atoms with Gasteiger partial charge in [-0.2, -0.15) is 0 Å². The maximum Gasteiger partial charge on any atom is 0.255 e. The van der Waals surface area contributed by atoms with Crippen LogP contribution in [0.2, 0.25) is 0 Å². The van der Waals surface area contributed by atoms with E-state index in [1.807, 2.05) is 0 Å². The Morgan fingerprint density at radius 1 is 1.03 bits per heavy atom. The Morgan fingerprint density at radius 3 is 2.47 bits per heavy atom. The molecule has 0 unspecified atom stereocenters. The third-order valence-electron chi connectivity index (χ3n) is 5.11. The Balaban J connectivity index is 1.57. The van der Waals surface area contributed by atoms with Gasteiger partial charge in [0.15, 0.2) is 11.2 Å². The van der Waals surface area contributed by atoms with Gasteiger partial charge in [-0.05, 0) is 48.9 Å². The predicted octanol–water partition coefficient (Wildman–Crippen LogP) is 5.42. The number of hydrogen-bond donors (Lipinski definition) is 2. The fourth-order valence-corrected chi connectivity index (χ4v) is 3.43. The minimum atomic E-state index is -0.282. The van der Waals surface area contributed by atoms with Gasteiger partial charge in [0.05, 0.1) is 12.0 Å². The fourth-order valence-electron chi connectivity index (χ4n) is 3.33. The van der Waals surface area contributed by atoms with Crippen molar-refractivity contribution in [2.24, 2.45) is 5.73 Å². The number of carbonyl (C=O) groups is 1. The zero-order valence-corrected chi connectivity index (χ0v) is 19.0. The van der Waals surface area contributed by atoms with Gasteiger partial charge in [-0.15, -0.1) is 0 Å². The molecule has 0 aliphatic rings. The Morgan fingerprint density at radius 2 is 1.75 bits per heavy atom. The lowest BCUT2D eigenvalue weighted by Gasteiger charge is -2.09. The maximum atomic E-state index is 12.6. The summed E-state index contributed by atoms with van der Waals surface area (Å²) in [4.78, 5) is 24.9. The van der Waals surface area contributed by atoms with Gasteiger partial charge in [-0.1, -0.05) is 51.2 Å². The summed E-state index contributed by atoms with van der Waals surface area (Å²) in [5, 5.41) is 3.13. The molecular weight excluding hydrogens is 424 g/mol. The number of ether oxygens (including phenoxy) is 1. The van der Waals surface area contributed by atoms with Crippen LogP contribution in [0.15, 0.2) is 57.7 Å². The third-order valence-corrected chi connectivity index (χ3v) is 5.31. The lowest BCUT2D eigenvalue weighted by molar-refractivity contribution is 0.102. The van der Waals surface area contributed by atoms with E-state index < -0.39 is 0 Å². The zero-order valence-electron chi connectivity index (χ0n) is 18.2. The monoisotopic (exact) mass is 452 g/mol. The number of carbonyl (C=O) groups excluding carboxylic acids is 1. The summed E-state index contributed by atoms with van der Waals surface area (Å²) in [6.45, 7) is 2.88. The molecule has 2 aromatic carbocycles. The average Bonchev–Trinajstić information content (AvgIpc) is 2.79. The van der Waals surface area contributed by atoms with Crippen molar-refractivity contribution in [3.8, 4) is 5.75 Å². The van der Waals surface area contributed by atoms with Crippen molar-refractivity contribution in [2.45, 2.75) is 45.4 Å². The lowest BCUT2D eigenvalue weighted by Crippen LogP contribution is -2.14. The minimum Gasteiger partial charge on any atom is -0.494 e. The highest BCUT2D eigenvalue weighted by Crippen LogP contribution is 2.19. The van der Waals surface area contributed by atoms with Gasteiger partial charge in [0.2, 0.25) is 0 Å². The Labute approximate surface area is 192 Å². The number of nitrogens with one attached hydrogen (secondary N) is 1. The van der Waals surface area contributed by atoms with Crippen molar-refractivity contribution < 1.29 is 13.9 Å². The van der Waals surface area contributed by atoms with E-state index >= 15 is 0 Å². The first-order valence-electron chi connectivity index (χ1n) is 10.9. The van der Waals surface area contributed by atoms with E-state index in [4.69, 9.17) is 27.1 Å². The predicted molar refractivity (Wildman–Crippen MR) is 132 cm³/mol. The molecule has 0 radical (unpaired) electrons. The zero-order chi connectivity index (χ0) is 22.9. The molecule has 3 aromatic rings. The molecule has 1 amide bonds. The molecule has 168 valence electrons. The Kier molecular flexibility index (Phi) is 8.39. The number of hydrogen-bond acceptors (Lipinski definition) is 5. The number of nitrogens with two attached hydrogens (primary N) is 1. The molecular formula is C25H28N2O4S. The first kappa shape index (κ1) is 23.5. The SMILES string of the molecule is CCCCCCCCOc1ccc(C(=O)Nc2ccc3oc(C(N)=S)cc(=O)c3c2)cc1. The molecule has 0 bridgehead atoms. The molecule has 0 saturated carbocycles. The maximum absolute atomic E-state index is 12.6. The topological polar surface area (TPSA) is 94.6 Å². The van der Waals surface area contributed by atoms with Gasteiger partial charge < -0.3 is 20.2 Å². The molecule has 0 aliphatic carbocycles. The summed E-state index contributed by atoms with van der Waals surface area (Å²) in [5.41, 5.74) is 6.59. The smallest absolute Gasteiger partial charge is 0.255 e. The molecule has 1 aromatic heterocycles. The van der Waals surface area contributed by atoms with E-state index in [0.29, 0.717) is 28.8 Å². The molecule has 0 aliphatic heterocycles. The fraction of sp³-hybridized carbons (Fsp3) is 0.320. The molecule has 0 fully saturated rings. The van der Waals surface area contributed by atoms with Gasteiger partial charge in [0.1, 0.15) is 16.3 Å². The highest BCUT2D eigenvalue weighted by atomic mass is 32.1. The van der Waals surface area contributed by atoms with Crippen LogP contribution in [-0.4, -0.2) is 17.5 Å². The summed E-state index contributed by atoms with van der Waals surface area (Å²) in [6.07, 6.45) is 7.27. The number of unbranched alkanes of at least 4 members (excludes halogenated alkanes) is 5. The van der Waals surface area contributed by atoms with Crippen molar-refractivity contribution in [2.75, 3.05) is 11.9 Å². The normalized spacial score (nSPS) is 10.8. The quantitative estimate of drug-likeness (QED) is 0.298. The second kappa shape index (κ2) is 11.4. The number of rotatable bonds is 11. The molecule has 0 spiro atoms. The van der Waals surface area contributed by atoms with Crippen molar-refractivity contribution in [3.63, 3.8) is 0 Å². The molecule has 0 atom stereocenters. The molecule has 32 heavy (non-hydrogen) atoms. The summed E-state index contributed by atoms with van der Waals surface area (Å²) in [5.74, 6) is 0.621. The summed E-state index contributed by atoms with van der Waals surface area (Å²) < 4.78 is 11.3. The van der Waals surface area contributed by atoms with E-state index in [1.54, 1.807) is 42.5 Å². The van der Waals surface area contributed by atoms with Crippen LogP contribution in [0.4, 0.5) is 5.69 Å². The van der Waals surface area contributed by atoms with E-state index in [2.05, 4.69) is 12.2 Å².